The fraction of sp³-hybridized carbons (Fsp3) is 0.303. The summed E-state index contributed by atoms with van der Waals surface area (Å²) in [4.78, 5) is 28.8. The summed E-state index contributed by atoms with van der Waals surface area (Å²) in [5, 5.41) is 20.6. The quantitative estimate of drug-likeness (QED) is 0.311. The van der Waals surface area contributed by atoms with Gasteiger partial charge in [-0.3, -0.25) is 4.79 Å². The molecule has 204 valence electrons. The van der Waals surface area contributed by atoms with Gasteiger partial charge in [-0.2, -0.15) is 0 Å². The Balaban J connectivity index is 1.76. The second kappa shape index (κ2) is 9.37. The summed E-state index contributed by atoms with van der Waals surface area (Å²) in [6, 6.07) is 6.19. The van der Waals surface area contributed by atoms with Gasteiger partial charge in [0.1, 0.15) is 5.76 Å². The molecule has 0 aromatic carbocycles. The molecule has 7 nitrogen and oxygen atoms in total. The molecule has 5 heterocycles. The van der Waals surface area contributed by atoms with E-state index in [0.717, 1.165) is 85.0 Å². The normalized spacial score (nSPS) is 18.8. The number of aromatic amines is 2. The van der Waals surface area contributed by atoms with E-state index in [1.165, 1.54) is 5.57 Å². The van der Waals surface area contributed by atoms with Crippen molar-refractivity contribution in [2.24, 2.45) is 0 Å². The molecular weight excluding hydrogens is 500 g/mol. The first-order chi connectivity index (χ1) is 19.1. The van der Waals surface area contributed by atoms with E-state index in [2.05, 4.69) is 56.4 Å². The molecule has 2 atom stereocenters. The van der Waals surface area contributed by atoms with Crippen LogP contribution in [-0.4, -0.2) is 36.1 Å². The number of rotatable bonds is 5. The lowest BCUT2D eigenvalue weighted by molar-refractivity contribution is -0.137. The predicted octanol–water partition coefficient (Wildman–Crippen LogP) is 7.92. The minimum absolute atomic E-state index is 0.0307. The van der Waals surface area contributed by atoms with Gasteiger partial charge in [-0.05, 0) is 80.2 Å². The third-order valence-electron chi connectivity index (χ3n) is 8.89. The fourth-order valence-corrected chi connectivity index (χ4v) is 6.57. The fourth-order valence-electron chi connectivity index (χ4n) is 6.57. The van der Waals surface area contributed by atoms with Gasteiger partial charge < -0.3 is 20.2 Å². The molecule has 0 radical (unpaired) electrons. The first-order valence-corrected chi connectivity index (χ1v) is 13.9. The van der Waals surface area contributed by atoms with Crippen molar-refractivity contribution in [1.29, 1.82) is 0 Å². The number of hydrogen-bond donors (Lipinski definition) is 4. The molecule has 3 aliphatic heterocycles. The van der Waals surface area contributed by atoms with E-state index >= 15 is 0 Å². The number of nitrogens with zero attached hydrogens (tertiary/aromatic N) is 2. The Morgan fingerprint density at radius 1 is 1.05 bits per heavy atom. The maximum absolute atomic E-state index is 11.6. The Morgan fingerprint density at radius 2 is 1.77 bits per heavy atom. The monoisotopic (exact) mass is 534 g/mol. The highest BCUT2D eigenvalue weighted by atomic mass is 16.4. The molecule has 1 aliphatic carbocycles. The number of fused-ring (bicyclic) bond motifs is 8. The van der Waals surface area contributed by atoms with E-state index in [-0.39, 0.29) is 24.0 Å². The first-order valence-electron chi connectivity index (χ1n) is 13.9. The van der Waals surface area contributed by atoms with Crippen molar-refractivity contribution >= 4 is 51.1 Å². The Hall–Kier alpha value is -4.39. The number of allylic oxidation sites excluding steroid dienone is 5. The average Bonchev–Trinajstić information content (AvgIpc) is 3.65. The number of carboxylic acids is 1. The van der Waals surface area contributed by atoms with Gasteiger partial charge in [0.25, 0.3) is 0 Å². The second-order valence-electron chi connectivity index (χ2n) is 11.1. The number of carboxylic acid groups (broad SMARTS) is 1. The van der Waals surface area contributed by atoms with E-state index in [1.54, 1.807) is 6.08 Å². The number of aliphatic hydroxyl groups is 1. The van der Waals surface area contributed by atoms with Crippen LogP contribution in [0.25, 0.3) is 45.2 Å². The molecule has 40 heavy (non-hydrogen) atoms. The van der Waals surface area contributed by atoms with Crippen molar-refractivity contribution in [2.75, 3.05) is 0 Å². The van der Waals surface area contributed by atoms with Crippen LogP contribution in [0, 0.1) is 6.92 Å². The lowest BCUT2D eigenvalue weighted by atomic mass is 9.86. The van der Waals surface area contributed by atoms with Crippen LogP contribution in [0.4, 0.5) is 0 Å². The van der Waals surface area contributed by atoms with Gasteiger partial charge in [0.15, 0.2) is 0 Å². The number of nitrogens with one attached hydrogen (secondary N) is 2. The van der Waals surface area contributed by atoms with Crippen LogP contribution < -0.4 is 0 Å². The van der Waals surface area contributed by atoms with Crippen molar-refractivity contribution in [2.45, 2.75) is 65.7 Å². The van der Waals surface area contributed by atoms with Gasteiger partial charge in [-0.1, -0.05) is 26.5 Å². The summed E-state index contributed by atoms with van der Waals surface area (Å²) in [6.07, 6.45) is 5.02. The number of aliphatic carboxylic acids is 1. The highest BCUT2D eigenvalue weighted by Crippen LogP contribution is 2.46. The van der Waals surface area contributed by atoms with Crippen molar-refractivity contribution in [3.63, 3.8) is 0 Å². The van der Waals surface area contributed by atoms with Crippen LogP contribution in [0.2, 0.25) is 0 Å². The van der Waals surface area contributed by atoms with Crippen molar-refractivity contribution < 1.29 is 15.0 Å². The van der Waals surface area contributed by atoms with Gasteiger partial charge in [0, 0.05) is 51.9 Å². The van der Waals surface area contributed by atoms with Crippen LogP contribution >= 0.6 is 0 Å². The van der Waals surface area contributed by atoms with E-state index in [9.17, 15) is 15.0 Å². The van der Waals surface area contributed by atoms with Crippen LogP contribution in [0.1, 0.15) is 110 Å². The SMILES string of the molecule is C=CC1=C(C)c2cc3[nH]c(c4c5[nH]c(cc6nc(cc1n2)C(C)=C6CC)c(C)c5C(O)=C4)[C@@H](CCC(=O)O)[C@@H]3C. The topological polar surface area (TPSA) is 115 Å². The maximum atomic E-state index is 11.6. The third kappa shape index (κ3) is 3.83. The summed E-state index contributed by atoms with van der Waals surface area (Å²) < 4.78 is 0. The maximum Gasteiger partial charge on any atom is 0.303 e. The molecule has 4 aliphatic rings. The zero-order valence-corrected chi connectivity index (χ0v) is 23.6. The standard InChI is InChI=1S/C33H34N4O3/c1-7-19-15(3)23-12-25-17(5)21(9-10-30(39)40)32(36-25)22-11-29(38)31-18(6)26(37-33(22)31)14-28-20(8-2)16(4)24(35-28)13-27(19)34-23/h7,11-14,17,21,36-38H,1,8-10H2,2-6H3,(H,39,40)/t17-,21-/m0/s1. The molecule has 8 bridgehead atoms. The molecule has 4 N–H and O–H groups in total. The number of aromatic nitrogens is 4. The lowest BCUT2D eigenvalue weighted by Gasteiger charge is -2.16. The number of aryl methyl sites for hydroxylation is 1. The molecule has 6 rings (SSSR count). The largest absolute Gasteiger partial charge is 0.507 e. The van der Waals surface area contributed by atoms with E-state index in [1.807, 2.05) is 19.1 Å². The Bertz CT molecular complexity index is 1800. The Morgan fingerprint density at radius 3 is 2.48 bits per heavy atom. The third-order valence-corrected chi connectivity index (χ3v) is 8.89. The molecule has 0 fully saturated rings. The smallest absolute Gasteiger partial charge is 0.303 e. The summed E-state index contributed by atoms with van der Waals surface area (Å²) in [6.45, 7) is 14.5. The molecule has 2 aromatic heterocycles. The summed E-state index contributed by atoms with van der Waals surface area (Å²) >= 11 is 0. The summed E-state index contributed by atoms with van der Waals surface area (Å²) in [5.74, 6) is -0.644. The molecule has 0 saturated heterocycles. The van der Waals surface area contributed by atoms with Crippen molar-refractivity contribution in [1.82, 2.24) is 19.9 Å². The van der Waals surface area contributed by atoms with Gasteiger partial charge in [0.2, 0.25) is 0 Å². The first kappa shape index (κ1) is 25.9. The Labute approximate surface area is 233 Å². The van der Waals surface area contributed by atoms with E-state index in [0.29, 0.717) is 6.42 Å². The highest BCUT2D eigenvalue weighted by molar-refractivity contribution is 6.02. The van der Waals surface area contributed by atoms with Crippen molar-refractivity contribution in [3.05, 3.63) is 81.7 Å². The number of hydrogen-bond acceptors (Lipinski definition) is 4. The van der Waals surface area contributed by atoms with Gasteiger partial charge >= 0.3 is 5.97 Å². The van der Waals surface area contributed by atoms with Crippen molar-refractivity contribution in [3.8, 4) is 0 Å². The minimum atomic E-state index is -0.821. The zero-order valence-electron chi connectivity index (χ0n) is 23.6. The Kier molecular flexibility index (Phi) is 6.06. The molecule has 0 spiro atoms. The highest BCUT2D eigenvalue weighted by Gasteiger charge is 2.33. The van der Waals surface area contributed by atoms with Gasteiger partial charge in [-0.15, -0.1) is 0 Å². The zero-order chi connectivity index (χ0) is 28.5. The lowest BCUT2D eigenvalue weighted by Crippen LogP contribution is -2.06. The second-order valence-corrected chi connectivity index (χ2v) is 11.1. The van der Waals surface area contributed by atoms with Crippen LogP contribution in [0.3, 0.4) is 0 Å². The van der Waals surface area contributed by atoms with Gasteiger partial charge in [0.05, 0.1) is 28.3 Å². The summed E-state index contributed by atoms with van der Waals surface area (Å²) in [7, 11) is 0. The number of H-pyrrole nitrogens is 2. The molecule has 2 aromatic rings. The molecular formula is C33H34N4O3. The number of aliphatic hydroxyl groups excluding tert-OH is 1. The average molecular weight is 535 g/mol. The van der Waals surface area contributed by atoms with Crippen LogP contribution in [-0.2, 0) is 4.79 Å². The van der Waals surface area contributed by atoms with E-state index < -0.39 is 5.97 Å². The van der Waals surface area contributed by atoms with Crippen LogP contribution in [0.15, 0.2) is 30.9 Å². The minimum Gasteiger partial charge on any atom is -0.507 e. The van der Waals surface area contributed by atoms with Gasteiger partial charge in [-0.25, -0.2) is 9.97 Å². The van der Waals surface area contributed by atoms with Crippen LogP contribution in [0.5, 0.6) is 0 Å². The molecule has 0 unspecified atom stereocenters. The molecule has 0 saturated carbocycles. The molecule has 7 heteroatoms. The predicted molar refractivity (Wildman–Crippen MR) is 161 cm³/mol. The number of carbonyl (C=O) groups is 1. The summed E-state index contributed by atoms with van der Waals surface area (Å²) in [5.41, 5.74) is 14.0. The van der Waals surface area contributed by atoms with E-state index in [4.69, 9.17) is 9.97 Å². The molecule has 0 amide bonds.